The van der Waals surface area contributed by atoms with Crippen molar-refractivity contribution in [3.05, 3.63) is 68.6 Å². The highest BCUT2D eigenvalue weighted by atomic mass is 35.5. The number of halogens is 2. The molecule has 3 aromatic rings. The van der Waals surface area contributed by atoms with Gasteiger partial charge in [0.05, 0.1) is 17.3 Å². The largest absolute Gasteiger partial charge is 0.482 e. The lowest BCUT2D eigenvalue weighted by molar-refractivity contribution is -0.123. The van der Waals surface area contributed by atoms with Gasteiger partial charge in [0.15, 0.2) is 6.61 Å². The summed E-state index contributed by atoms with van der Waals surface area (Å²) < 4.78 is 5.45. The van der Waals surface area contributed by atoms with E-state index in [-0.39, 0.29) is 12.5 Å². The van der Waals surface area contributed by atoms with Crippen molar-refractivity contribution in [3.8, 4) is 16.3 Å². The summed E-state index contributed by atoms with van der Waals surface area (Å²) in [6, 6.07) is 13.0. The van der Waals surface area contributed by atoms with Gasteiger partial charge in [-0.1, -0.05) is 47.5 Å². The molecule has 1 amide bonds. The maximum absolute atomic E-state index is 12.1. The van der Waals surface area contributed by atoms with E-state index in [4.69, 9.17) is 27.9 Å². The van der Waals surface area contributed by atoms with Gasteiger partial charge < -0.3 is 10.1 Å². The van der Waals surface area contributed by atoms with Crippen LogP contribution in [0.15, 0.2) is 42.5 Å². The number of nitrogens with one attached hydrogen (secondary N) is 1. The number of thiazole rings is 1. The summed E-state index contributed by atoms with van der Waals surface area (Å²) in [5.74, 6) is 0.193. The average Bonchev–Trinajstić information content (AvgIpc) is 3.00. The number of benzene rings is 2. The summed E-state index contributed by atoms with van der Waals surface area (Å²) in [6.45, 7) is 4.30. The average molecular weight is 421 g/mol. The molecule has 0 fully saturated rings. The van der Waals surface area contributed by atoms with Gasteiger partial charge in [-0.05, 0) is 37.6 Å². The maximum Gasteiger partial charge on any atom is 0.258 e. The molecule has 0 aliphatic carbocycles. The zero-order valence-corrected chi connectivity index (χ0v) is 17.2. The molecular weight excluding hydrogens is 403 g/mol. The van der Waals surface area contributed by atoms with Gasteiger partial charge in [-0.2, -0.15) is 0 Å². The number of aromatic nitrogens is 1. The van der Waals surface area contributed by atoms with Crippen molar-refractivity contribution in [1.82, 2.24) is 10.3 Å². The molecule has 1 aromatic heterocycles. The predicted octanol–water partition coefficient (Wildman–Crippen LogP) is 5.43. The normalized spacial score (nSPS) is 10.7. The smallest absolute Gasteiger partial charge is 0.258 e. The molecule has 0 bridgehead atoms. The highest BCUT2D eigenvalue weighted by Crippen LogP contribution is 2.30. The van der Waals surface area contributed by atoms with Crippen molar-refractivity contribution in [1.29, 1.82) is 0 Å². The van der Waals surface area contributed by atoms with E-state index in [0.29, 0.717) is 22.3 Å². The third kappa shape index (κ3) is 5.01. The Bertz CT molecular complexity index is 972. The van der Waals surface area contributed by atoms with Gasteiger partial charge in [-0.3, -0.25) is 4.79 Å². The van der Waals surface area contributed by atoms with E-state index in [1.807, 2.05) is 19.1 Å². The molecule has 0 saturated carbocycles. The van der Waals surface area contributed by atoms with Gasteiger partial charge in [0, 0.05) is 15.5 Å². The molecule has 0 unspecified atom stereocenters. The number of carbonyl (C=O) groups excluding carboxylic acids is 1. The van der Waals surface area contributed by atoms with Crippen molar-refractivity contribution in [2.45, 2.75) is 20.4 Å². The Labute approximate surface area is 172 Å². The van der Waals surface area contributed by atoms with Gasteiger partial charge in [-0.25, -0.2) is 4.98 Å². The molecule has 0 saturated heterocycles. The van der Waals surface area contributed by atoms with Crippen LogP contribution in [-0.4, -0.2) is 17.5 Å². The SMILES string of the molecule is Cc1ccccc1-c1nc(C)c(CNC(=O)COc2ccc(Cl)cc2Cl)s1. The van der Waals surface area contributed by atoms with Gasteiger partial charge in [-0.15, -0.1) is 11.3 Å². The number of amides is 1. The van der Waals surface area contributed by atoms with E-state index < -0.39 is 0 Å². The number of carbonyl (C=O) groups is 1. The van der Waals surface area contributed by atoms with Crippen LogP contribution in [0.2, 0.25) is 10.0 Å². The molecule has 2 aromatic carbocycles. The van der Waals surface area contributed by atoms with Crippen molar-refractivity contribution in [2.75, 3.05) is 6.61 Å². The Morgan fingerprint density at radius 3 is 2.70 bits per heavy atom. The minimum atomic E-state index is -0.230. The molecule has 3 rings (SSSR count). The third-order valence-corrected chi connectivity index (χ3v) is 5.69. The van der Waals surface area contributed by atoms with E-state index in [1.54, 1.807) is 29.5 Å². The summed E-state index contributed by atoms with van der Waals surface area (Å²) >= 11 is 13.5. The Balaban J connectivity index is 1.58. The van der Waals surface area contributed by atoms with Crippen LogP contribution in [0, 0.1) is 13.8 Å². The Morgan fingerprint density at radius 2 is 1.96 bits per heavy atom. The van der Waals surface area contributed by atoms with E-state index in [1.165, 1.54) is 5.56 Å². The first kappa shape index (κ1) is 19.7. The van der Waals surface area contributed by atoms with Crippen LogP contribution in [-0.2, 0) is 11.3 Å². The quantitative estimate of drug-likeness (QED) is 0.578. The first-order chi connectivity index (χ1) is 12.9. The van der Waals surface area contributed by atoms with Crippen LogP contribution < -0.4 is 10.1 Å². The van der Waals surface area contributed by atoms with Gasteiger partial charge in [0.1, 0.15) is 10.8 Å². The van der Waals surface area contributed by atoms with Crippen LogP contribution in [0.25, 0.3) is 10.6 Å². The molecule has 4 nitrogen and oxygen atoms in total. The van der Waals surface area contributed by atoms with Crippen LogP contribution in [0.1, 0.15) is 16.1 Å². The van der Waals surface area contributed by atoms with E-state index in [9.17, 15) is 4.79 Å². The molecule has 140 valence electrons. The zero-order valence-electron chi connectivity index (χ0n) is 14.9. The summed E-state index contributed by atoms with van der Waals surface area (Å²) in [7, 11) is 0. The first-order valence-corrected chi connectivity index (χ1v) is 9.88. The van der Waals surface area contributed by atoms with Gasteiger partial charge in [0.2, 0.25) is 0 Å². The molecule has 7 heteroatoms. The molecule has 0 aliphatic heterocycles. The third-order valence-electron chi connectivity index (χ3n) is 3.97. The lowest BCUT2D eigenvalue weighted by Gasteiger charge is -2.08. The van der Waals surface area contributed by atoms with Crippen LogP contribution in [0.3, 0.4) is 0 Å². The molecule has 27 heavy (non-hydrogen) atoms. The summed E-state index contributed by atoms with van der Waals surface area (Å²) in [4.78, 5) is 17.7. The number of ether oxygens (including phenoxy) is 1. The summed E-state index contributed by atoms with van der Waals surface area (Å²) in [6.07, 6.45) is 0. The standard InChI is InChI=1S/C20H18Cl2N2O2S/c1-12-5-3-4-6-15(12)20-24-13(2)18(27-20)10-23-19(25)11-26-17-8-7-14(21)9-16(17)22/h3-9H,10-11H2,1-2H3,(H,23,25). The molecule has 1 heterocycles. The van der Waals surface area contributed by atoms with Crippen molar-refractivity contribution < 1.29 is 9.53 Å². The first-order valence-electron chi connectivity index (χ1n) is 8.31. The van der Waals surface area contributed by atoms with Crippen molar-refractivity contribution in [2.24, 2.45) is 0 Å². The second-order valence-electron chi connectivity index (χ2n) is 5.98. The highest BCUT2D eigenvalue weighted by molar-refractivity contribution is 7.15. The molecule has 0 aliphatic rings. The van der Waals surface area contributed by atoms with Crippen molar-refractivity contribution >= 4 is 40.4 Å². The van der Waals surface area contributed by atoms with Crippen LogP contribution >= 0.6 is 34.5 Å². The van der Waals surface area contributed by atoms with E-state index >= 15 is 0 Å². The second kappa shape index (κ2) is 8.74. The van der Waals surface area contributed by atoms with Gasteiger partial charge in [0.25, 0.3) is 5.91 Å². The lowest BCUT2D eigenvalue weighted by atomic mass is 10.1. The number of rotatable bonds is 6. The molecule has 1 N–H and O–H groups in total. The fourth-order valence-electron chi connectivity index (χ4n) is 2.49. The zero-order chi connectivity index (χ0) is 19.4. The topological polar surface area (TPSA) is 51.2 Å². The molecule has 0 radical (unpaired) electrons. The number of nitrogens with zero attached hydrogens (tertiary/aromatic N) is 1. The monoisotopic (exact) mass is 420 g/mol. The van der Waals surface area contributed by atoms with Gasteiger partial charge >= 0.3 is 0 Å². The minimum absolute atomic E-state index is 0.121. The molecular formula is C20H18Cl2N2O2S. The summed E-state index contributed by atoms with van der Waals surface area (Å²) in [5, 5.41) is 4.70. The fourth-order valence-corrected chi connectivity index (χ4v) is 4.04. The summed E-state index contributed by atoms with van der Waals surface area (Å²) in [5.41, 5.74) is 3.21. The molecule has 0 spiro atoms. The highest BCUT2D eigenvalue weighted by Gasteiger charge is 2.12. The maximum atomic E-state index is 12.1. The fraction of sp³-hybridized carbons (Fsp3) is 0.200. The Morgan fingerprint density at radius 1 is 1.19 bits per heavy atom. The Hall–Kier alpha value is -2.08. The number of aryl methyl sites for hydroxylation is 2. The van der Waals surface area contributed by atoms with Crippen LogP contribution in [0.5, 0.6) is 5.75 Å². The van der Waals surface area contributed by atoms with E-state index in [2.05, 4.69) is 29.4 Å². The minimum Gasteiger partial charge on any atom is -0.482 e. The number of hydrogen-bond acceptors (Lipinski definition) is 4. The van der Waals surface area contributed by atoms with Crippen molar-refractivity contribution in [3.63, 3.8) is 0 Å². The Kier molecular flexibility index (Phi) is 6.37. The lowest BCUT2D eigenvalue weighted by Crippen LogP contribution is -2.28. The van der Waals surface area contributed by atoms with Crippen LogP contribution in [0.4, 0.5) is 0 Å². The second-order valence-corrected chi connectivity index (χ2v) is 7.91. The number of hydrogen-bond donors (Lipinski definition) is 1. The predicted molar refractivity (Wildman–Crippen MR) is 111 cm³/mol. The van der Waals surface area contributed by atoms with E-state index in [0.717, 1.165) is 21.1 Å². The molecule has 0 atom stereocenters.